The fourth-order valence-electron chi connectivity index (χ4n) is 3.45. The number of rotatable bonds is 4. The molecule has 0 saturated carbocycles. The Balaban J connectivity index is 0.00000243. The van der Waals surface area contributed by atoms with E-state index in [9.17, 15) is 9.59 Å². The highest BCUT2D eigenvalue weighted by Gasteiger charge is 2.30. The van der Waals surface area contributed by atoms with E-state index in [4.69, 9.17) is 4.74 Å². The third kappa shape index (κ3) is 5.61. The normalized spacial score (nSPS) is 18.6. The molecule has 26 heavy (non-hydrogen) atoms. The average molecular weight is 382 g/mol. The Bertz CT molecular complexity index is 569. The summed E-state index contributed by atoms with van der Waals surface area (Å²) in [7, 11) is 0. The molecule has 0 atom stereocenters. The number of nitrogens with one attached hydrogen (secondary N) is 1. The second kappa shape index (κ2) is 10.4. The van der Waals surface area contributed by atoms with Gasteiger partial charge in [0.25, 0.3) is 5.91 Å². The number of hydrogen-bond donors (Lipinski definition) is 1. The van der Waals surface area contributed by atoms with Crippen LogP contribution in [0.5, 0.6) is 5.75 Å². The summed E-state index contributed by atoms with van der Waals surface area (Å²) in [5.41, 5.74) is 0. The highest BCUT2D eigenvalue weighted by atomic mass is 35.5. The maximum atomic E-state index is 12.7. The van der Waals surface area contributed by atoms with Crippen LogP contribution >= 0.6 is 12.4 Å². The van der Waals surface area contributed by atoms with Crippen LogP contribution < -0.4 is 10.1 Å². The first-order chi connectivity index (χ1) is 12.2. The molecule has 0 aromatic heterocycles. The predicted octanol–water partition coefficient (Wildman–Crippen LogP) is 1.55. The predicted molar refractivity (Wildman–Crippen MR) is 103 cm³/mol. The Morgan fingerprint density at radius 3 is 2.46 bits per heavy atom. The summed E-state index contributed by atoms with van der Waals surface area (Å²) in [5.74, 6) is 1.01. The van der Waals surface area contributed by atoms with Crippen molar-refractivity contribution < 1.29 is 14.3 Å². The highest BCUT2D eigenvalue weighted by molar-refractivity contribution is 5.85. The minimum atomic E-state index is -0.00581. The fourth-order valence-corrected chi connectivity index (χ4v) is 3.45. The molecule has 2 amide bonds. The molecule has 2 aliphatic heterocycles. The second-order valence-electron chi connectivity index (χ2n) is 6.69. The van der Waals surface area contributed by atoms with Gasteiger partial charge in [0.1, 0.15) is 5.75 Å². The lowest BCUT2D eigenvalue weighted by Gasteiger charge is -2.34. The zero-order chi connectivity index (χ0) is 17.5. The van der Waals surface area contributed by atoms with Crippen LogP contribution in [-0.2, 0) is 9.59 Å². The number of benzene rings is 1. The van der Waals surface area contributed by atoms with E-state index < -0.39 is 0 Å². The summed E-state index contributed by atoms with van der Waals surface area (Å²) in [6, 6.07) is 9.36. The van der Waals surface area contributed by atoms with Crippen molar-refractivity contribution in [3.63, 3.8) is 0 Å². The lowest BCUT2D eigenvalue weighted by Crippen LogP contribution is -2.46. The van der Waals surface area contributed by atoms with Gasteiger partial charge in [0.05, 0.1) is 0 Å². The molecule has 144 valence electrons. The van der Waals surface area contributed by atoms with Gasteiger partial charge < -0.3 is 19.9 Å². The van der Waals surface area contributed by atoms with Crippen LogP contribution in [0.1, 0.15) is 19.3 Å². The first kappa shape index (κ1) is 20.5. The topological polar surface area (TPSA) is 61.9 Å². The van der Waals surface area contributed by atoms with E-state index in [1.54, 1.807) is 0 Å². The first-order valence-corrected chi connectivity index (χ1v) is 9.19. The Morgan fingerprint density at radius 2 is 1.73 bits per heavy atom. The van der Waals surface area contributed by atoms with Crippen molar-refractivity contribution in [3.05, 3.63) is 30.3 Å². The van der Waals surface area contributed by atoms with Crippen molar-refractivity contribution >= 4 is 24.2 Å². The fraction of sp³-hybridized carbons (Fsp3) is 0.579. The van der Waals surface area contributed by atoms with Crippen LogP contribution in [0.2, 0.25) is 0 Å². The molecule has 0 bridgehead atoms. The van der Waals surface area contributed by atoms with Gasteiger partial charge in [-0.05, 0) is 37.9 Å². The molecule has 0 spiro atoms. The minimum absolute atomic E-state index is 0. The average Bonchev–Trinajstić information content (AvgIpc) is 2.96. The number of para-hydroxylation sites is 1. The van der Waals surface area contributed by atoms with Crippen LogP contribution in [0, 0.1) is 5.92 Å². The number of carbonyl (C=O) groups is 2. The van der Waals surface area contributed by atoms with E-state index in [0.29, 0.717) is 18.8 Å². The van der Waals surface area contributed by atoms with Crippen LogP contribution in [0.4, 0.5) is 0 Å². The van der Waals surface area contributed by atoms with Crippen LogP contribution in [0.15, 0.2) is 30.3 Å². The maximum absolute atomic E-state index is 12.7. The van der Waals surface area contributed by atoms with Crippen molar-refractivity contribution in [3.8, 4) is 5.75 Å². The van der Waals surface area contributed by atoms with E-state index in [1.165, 1.54) is 0 Å². The number of hydrogen-bond acceptors (Lipinski definition) is 4. The number of piperidine rings is 1. The first-order valence-electron chi connectivity index (χ1n) is 9.19. The van der Waals surface area contributed by atoms with Gasteiger partial charge in [-0.3, -0.25) is 9.59 Å². The van der Waals surface area contributed by atoms with Crippen molar-refractivity contribution in [1.29, 1.82) is 0 Å². The van der Waals surface area contributed by atoms with Crippen LogP contribution in [0.25, 0.3) is 0 Å². The maximum Gasteiger partial charge on any atom is 0.260 e. The third-order valence-corrected chi connectivity index (χ3v) is 4.95. The molecule has 0 aliphatic carbocycles. The molecular weight excluding hydrogens is 354 g/mol. The Labute approximate surface area is 161 Å². The molecule has 2 aliphatic rings. The van der Waals surface area contributed by atoms with Gasteiger partial charge in [0.15, 0.2) is 6.61 Å². The van der Waals surface area contributed by atoms with Gasteiger partial charge in [-0.15, -0.1) is 12.4 Å². The number of amides is 2. The summed E-state index contributed by atoms with van der Waals surface area (Å²) in [6.45, 7) is 4.83. The summed E-state index contributed by atoms with van der Waals surface area (Å²) in [6.07, 6.45) is 2.51. The Hall–Kier alpha value is -1.79. The molecule has 7 heteroatoms. The summed E-state index contributed by atoms with van der Waals surface area (Å²) in [5, 5.41) is 3.32. The molecule has 0 unspecified atom stereocenters. The van der Waals surface area contributed by atoms with E-state index >= 15 is 0 Å². The van der Waals surface area contributed by atoms with E-state index in [2.05, 4.69) is 5.32 Å². The number of halogens is 1. The van der Waals surface area contributed by atoms with Gasteiger partial charge >= 0.3 is 0 Å². The van der Waals surface area contributed by atoms with Gasteiger partial charge in [-0.25, -0.2) is 0 Å². The van der Waals surface area contributed by atoms with Crippen molar-refractivity contribution in [2.75, 3.05) is 45.9 Å². The summed E-state index contributed by atoms with van der Waals surface area (Å²) >= 11 is 0. The molecule has 2 saturated heterocycles. The SMILES string of the molecule is Cl.O=C(COc1ccccc1)N1CCC(C(=O)N2CCCNCC2)CC1. The van der Waals surface area contributed by atoms with Gasteiger partial charge in [-0.2, -0.15) is 0 Å². The number of carbonyl (C=O) groups excluding carboxylic acids is 2. The molecule has 1 aromatic carbocycles. The van der Waals surface area contributed by atoms with E-state index in [1.807, 2.05) is 40.1 Å². The largest absolute Gasteiger partial charge is 0.484 e. The van der Waals surface area contributed by atoms with Crippen LogP contribution in [-0.4, -0.2) is 67.5 Å². The zero-order valence-corrected chi connectivity index (χ0v) is 15.9. The molecule has 1 aromatic rings. The third-order valence-electron chi connectivity index (χ3n) is 4.95. The molecule has 6 nitrogen and oxygen atoms in total. The molecule has 2 fully saturated rings. The highest BCUT2D eigenvalue weighted by Crippen LogP contribution is 2.20. The second-order valence-corrected chi connectivity index (χ2v) is 6.69. The monoisotopic (exact) mass is 381 g/mol. The number of nitrogens with zero attached hydrogens (tertiary/aromatic N) is 2. The van der Waals surface area contributed by atoms with Gasteiger partial charge in [0, 0.05) is 38.6 Å². The van der Waals surface area contributed by atoms with E-state index in [0.717, 1.165) is 45.4 Å². The smallest absolute Gasteiger partial charge is 0.260 e. The van der Waals surface area contributed by atoms with Gasteiger partial charge in [0.2, 0.25) is 5.91 Å². The lowest BCUT2D eigenvalue weighted by molar-refractivity contribution is -0.141. The number of ether oxygens (including phenoxy) is 1. The van der Waals surface area contributed by atoms with Crippen molar-refractivity contribution in [1.82, 2.24) is 15.1 Å². The molecule has 1 N–H and O–H groups in total. The molecule has 0 radical (unpaired) electrons. The number of likely N-dealkylation sites (tertiary alicyclic amines) is 1. The standard InChI is InChI=1S/C19H27N3O3.ClH/c23-18(15-25-17-5-2-1-3-6-17)21-12-7-16(8-13-21)19(24)22-11-4-9-20-10-14-22;/h1-3,5-6,16,20H,4,7-15H2;1H. The summed E-state index contributed by atoms with van der Waals surface area (Å²) < 4.78 is 5.53. The van der Waals surface area contributed by atoms with Gasteiger partial charge in [-0.1, -0.05) is 18.2 Å². The van der Waals surface area contributed by atoms with Crippen molar-refractivity contribution in [2.45, 2.75) is 19.3 Å². The molecular formula is C19H28ClN3O3. The van der Waals surface area contributed by atoms with E-state index in [-0.39, 0.29) is 36.7 Å². The zero-order valence-electron chi connectivity index (χ0n) is 15.1. The quantitative estimate of drug-likeness (QED) is 0.859. The van der Waals surface area contributed by atoms with Crippen molar-refractivity contribution in [2.24, 2.45) is 5.92 Å². The summed E-state index contributed by atoms with van der Waals surface area (Å²) in [4.78, 5) is 28.8. The van der Waals surface area contributed by atoms with Crippen LogP contribution in [0.3, 0.4) is 0 Å². The Morgan fingerprint density at radius 1 is 1.00 bits per heavy atom. The Kier molecular flexibility index (Phi) is 8.19. The molecule has 2 heterocycles. The molecule has 3 rings (SSSR count). The lowest BCUT2D eigenvalue weighted by atomic mass is 9.95. The minimum Gasteiger partial charge on any atom is -0.484 e.